The van der Waals surface area contributed by atoms with Gasteiger partial charge in [-0.1, -0.05) is 13.0 Å². The fourth-order valence-electron chi connectivity index (χ4n) is 3.12. The minimum atomic E-state index is -0.521. The van der Waals surface area contributed by atoms with Crippen LogP contribution in [0.4, 0.5) is 0 Å². The van der Waals surface area contributed by atoms with Gasteiger partial charge in [0.25, 0.3) is 0 Å². The number of allylic oxidation sites excluding steroid dienone is 1. The Hall–Kier alpha value is -0.960. The lowest BCUT2D eigenvalue weighted by Crippen LogP contribution is -2.57. The molecule has 2 aliphatic rings. The number of nitrogens with one attached hydrogen (secondary N) is 1. The fourth-order valence-corrected chi connectivity index (χ4v) is 3.12. The molecule has 0 amide bonds. The molecule has 1 aliphatic heterocycles. The van der Waals surface area contributed by atoms with Gasteiger partial charge in [-0.15, -0.1) is 0 Å². The molecular formula is C12H17NO2. The molecule has 0 radical (unpaired) electrons. The maximum absolute atomic E-state index is 11.2. The zero-order valence-electron chi connectivity index (χ0n) is 9.19. The summed E-state index contributed by atoms with van der Waals surface area (Å²) in [5.41, 5.74) is 0.293. The molecule has 2 bridgehead atoms. The standard InChI is InChI=1S/C12H17NO2/c1-8-10-3-4-13-11(8)12(2,7-15)5-9(10)6-14/h5-8,10-11,13H,3-4H2,1-2H3/t8?,10?,11?,12-/m0/s1. The van der Waals surface area contributed by atoms with Crippen molar-refractivity contribution < 1.29 is 9.59 Å². The van der Waals surface area contributed by atoms with Crippen molar-refractivity contribution in [2.45, 2.75) is 26.3 Å². The van der Waals surface area contributed by atoms with Gasteiger partial charge in [0, 0.05) is 6.04 Å². The molecule has 3 nitrogen and oxygen atoms in total. The Kier molecular flexibility index (Phi) is 2.51. The highest BCUT2D eigenvalue weighted by Gasteiger charge is 2.46. The van der Waals surface area contributed by atoms with Crippen molar-refractivity contribution in [1.29, 1.82) is 0 Å². The highest BCUT2D eigenvalue weighted by atomic mass is 16.1. The highest BCUT2D eigenvalue weighted by molar-refractivity contribution is 5.78. The fraction of sp³-hybridized carbons (Fsp3) is 0.667. The van der Waals surface area contributed by atoms with Gasteiger partial charge < -0.3 is 10.1 Å². The number of piperidine rings is 1. The molecule has 1 aliphatic carbocycles. The van der Waals surface area contributed by atoms with Crippen LogP contribution in [-0.4, -0.2) is 25.2 Å². The first-order valence-electron chi connectivity index (χ1n) is 5.50. The molecule has 2 rings (SSSR count). The molecule has 82 valence electrons. The summed E-state index contributed by atoms with van der Waals surface area (Å²) in [6.07, 6.45) is 4.74. The van der Waals surface area contributed by atoms with Crippen LogP contribution in [-0.2, 0) is 9.59 Å². The van der Waals surface area contributed by atoms with Gasteiger partial charge in [0.1, 0.15) is 12.6 Å². The van der Waals surface area contributed by atoms with Crippen molar-refractivity contribution in [3.8, 4) is 0 Å². The summed E-state index contributed by atoms with van der Waals surface area (Å²) in [6.45, 7) is 4.92. The van der Waals surface area contributed by atoms with E-state index in [1.165, 1.54) is 0 Å². The maximum Gasteiger partial charge on any atom is 0.146 e. The van der Waals surface area contributed by atoms with Gasteiger partial charge in [-0.2, -0.15) is 0 Å². The molecule has 0 aromatic heterocycles. The van der Waals surface area contributed by atoms with E-state index in [1.807, 2.05) is 13.0 Å². The second-order valence-corrected chi connectivity index (χ2v) is 4.93. The Bertz CT molecular complexity index is 324. The van der Waals surface area contributed by atoms with E-state index < -0.39 is 5.41 Å². The molecular weight excluding hydrogens is 190 g/mol. The zero-order chi connectivity index (χ0) is 11.1. The average molecular weight is 207 g/mol. The summed E-state index contributed by atoms with van der Waals surface area (Å²) in [5.74, 6) is 0.695. The SMILES string of the molecule is CC1C2CCNC1[C@](C)(C=O)C=C2C=O. The second-order valence-electron chi connectivity index (χ2n) is 4.93. The van der Waals surface area contributed by atoms with Crippen molar-refractivity contribution in [2.75, 3.05) is 6.54 Å². The molecule has 3 heteroatoms. The molecule has 0 aromatic carbocycles. The maximum atomic E-state index is 11.2. The molecule has 1 saturated heterocycles. The Balaban J connectivity index is 2.47. The van der Waals surface area contributed by atoms with Gasteiger partial charge in [0.05, 0.1) is 5.41 Å². The Labute approximate surface area is 89.9 Å². The van der Waals surface area contributed by atoms with Crippen LogP contribution in [0.1, 0.15) is 20.3 Å². The lowest BCUT2D eigenvalue weighted by Gasteiger charge is -2.47. The van der Waals surface area contributed by atoms with E-state index >= 15 is 0 Å². The molecule has 0 aromatic rings. The first kappa shape index (κ1) is 10.6. The van der Waals surface area contributed by atoms with Crippen LogP contribution in [0.3, 0.4) is 0 Å². The lowest BCUT2D eigenvalue weighted by atomic mass is 9.62. The number of hydrogen-bond acceptors (Lipinski definition) is 3. The van der Waals surface area contributed by atoms with Crippen molar-refractivity contribution in [3.05, 3.63) is 11.6 Å². The van der Waals surface area contributed by atoms with Crippen LogP contribution in [0.15, 0.2) is 11.6 Å². The molecule has 4 atom stereocenters. The third-order valence-corrected chi connectivity index (χ3v) is 3.95. The summed E-state index contributed by atoms with van der Waals surface area (Å²) in [4.78, 5) is 22.2. The van der Waals surface area contributed by atoms with Gasteiger partial charge in [-0.25, -0.2) is 0 Å². The average Bonchev–Trinajstić information content (AvgIpc) is 2.24. The number of rotatable bonds is 2. The number of aldehydes is 2. The molecule has 3 unspecified atom stereocenters. The van der Waals surface area contributed by atoms with Gasteiger partial charge in [0.2, 0.25) is 0 Å². The number of carbonyl (C=O) groups is 2. The van der Waals surface area contributed by atoms with Crippen LogP contribution in [0.25, 0.3) is 0 Å². The first-order chi connectivity index (χ1) is 7.12. The number of hydrogen-bond donors (Lipinski definition) is 1. The van der Waals surface area contributed by atoms with Crippen LogP contribution >= 0.6 is 0 Å². The monoisotopic (exact) mass is 207 g/mol. The first-order valence-corrected chi connectivity index (χ1v) is 5.50. The van der Waals surface area contributed by atoms with E-state index in [2.05, 4.69) is 12.2 Å². The summed E-state index contributed by atoms with van der Waals surface area (Å²) in [7, 11) is 0. The third-order valence-electron chi connectivity index (χ3n) is 3.95. The highest BCUT2D eigenvalue weighted by Crippen LogP contribution is 2.42. The topological polar surface area (TPSA) is 46.2 Å². The summed E-state index contributed by atoms with van der Waals surface area (Å²) in [6, 6.07) is 0.178. The predicted octanol–water partition coefficient (Wildman–Crippen LogP) is 0.945. The normalized spacial score (nSPS) is 44.4. The van der Waals surface area contributed by atoms with Crippen molar-refractivity contribution >= 4 is 12.6 Å². The molecule has 15 heavy (non-hydrogen) atoms. The van der Waals surface area contributed by atoms with Crippen molar-refractivity contribution in [3.63, 3.8) is 0 Å². The second kappa shape index (κ2) is 3.56. The Morgan fingerprint density at radius 1 is 1.53 bits per heavy atom. The van der Waals surface area contributed by atoms with Gasteiger partial charge in [-0.3, -0.25) is 4.79 Å². The zero-order valence-corrected chi connectivity index (χ0v) is 9.19. The lowest BCUT2D eigenvalue weighted by molar-refractivity contribution is -0.116. The van der Waals surface area contributed by atoms with Crippen LogP contribution in [0.5, 0.6) is 0 Å². The van der Waals surface area contributed by atoms with Gasteiger partial charge in [0.15, 0.2) is 0 Å². The van der Waals surface area contributed by atoms with E-state index in [1.54, 1.807) is 0 Å². The summed E-state index contributed by atoms with van der Waals surface area (Å²) < 4.78 is 0. The smallest absolute Gasteiger partial charge is 0.146 e. The van der Waals surface area contributed by atoms with E-state index in [0.29, 0.717) is 11.8 Å². The molecule has 1 N–H and O–H groups in total. The Morgan fingerprint density at radius 3 is 2.87 bits per heavy atom. The molecule has 1 fully saturated rings. The number of carbonyl (C=O) groups excluding carboxylic acids is 2. The minimum Gasteiger partial charge on any atom is -0.312 e. The van der Waals surface area contributed by atoms with E-state index in [4.69, 9.17) is 0 Å². The summed E-state index contributed by atoms with van der Waals surface area (Å²) in [5, 5.41) is 3.39. The van der Waals surface area contributed by atoms with Crippen LogP contribution < -0.4 is 5.32 Å². The molecule has 0 spiro atoms. The largest absolute Gasteiger partial charge is 0.312 e. The predicted molar refractivity (Wildman–Crippen MR) is 57.4 cm³/mol. The van der Waals surface area contributed by atoms with E-state index in [0.717, 1.165) is 31.1 Å². The quantitative estimate of drug-likeness (QED) is 0.686. The van der Waals surface area contributed by atoms with Crippen molar-refractivity contribution in [1.82, 2.24) is 5.32 Å². The number of fused-ring (bicyclic) bond motifs is 2. The van der Waals surface area contributed by atoms with E-state index in [9.17, 15) is 9.59 Å². The van der Waals surface area contributed by atoms with E-state index in [-0.39, 0.29) is 6.04 Å². The molecule has 1 heterocycles. The minimum absolute atomic E-state index is 0.178. The van der Waals surface area contributed by atoms with Crippen LogP contribution in [0.2, 0.25) is 0 Å². The molecule has 0 saturated carbocycles. The third kappa shape index (κ3) is 1.46. The van der Waals surface area contributed by atoms with Crippen LogP contribution in [0, 0.1) is 17.3 Å². The summed E-state index contributed by atoms with van der Waals surface area (Å²) >= 11 is 0. The van der Waals surface area contributed by atoms with Gasteiger partial charge >= 0.3 is 0 Å². The van der Waals surface area contributed by atoms with Crippen molar-refractivity contribution in [2.24, 2.45) is 17.3 Å². The van der Waals surface area contributed by atoms with Gasteiger partial charge in [-0.05, 0) is 37.3 Å². The Morgan fingerprint density at radius 2 is 2.27 bits per heavy atom.